The average molecular weight is 264 g/mol. The van der Waals surface area contributed by atoms with Crippen LogP contribution in [0.5, 0.6) is 5.75 Å². The monoisotopic (exact) mass is 264 g/mol. The van der Waals surface area contributed by atoms with Gasteiger partial charge < -0.3 is 15.8 Å². The Bertz CT molecular complexity index is 424. The summed E-state index contributed by atoms with van der Waals surface area (Å²) in [6.45, 7) is 5.80. The van der Waals surface area contributed by atoms with Crippen molar-refractivity contribution >= 4 is 5.91 Å². The molecular formula is C15H24N2O2. The van der Waals surface area contributed by atoms with Crippen molar-refractivity contribution < 1.29 is 9.53 Å². The summed E-state index contributed by atoms with van der Waals surface area (Å²) in [5.41, 5.74) is 6.59. The molecule has 0 aromatic heterocycles. The van der Waals surface area contributed by atoms with E-state index in [1.54, 1.807) is 7.11 Å². The van der Waals surface area contributed by atoms with Gasteiger partial charge in [0.05, 0.1) is 13.2 Å². The van der Waals surface area contributed by atoms with Crippen molar-refractivity contribution in [2.45, 2.75) is 45.2 Å². The number of hydrogen-bond donors (Lipinski definition) is 2. The van der Waals surface area contributed by atoms with Crippen LogP contribution in [0.1, 0.15) is 45.2 Å². The van der Waals surface area contributed by atoms with Gasteiger partial charge in [-0.05, 0) is 44.9 Å². The van der Waals surface area contributed by atoms with Gasteiger partial charge in [0.1, 0.15) is 5.75 Å². The molecular weight excluding hydrogens is 240 g/mol. The summed E-state index contributed by atoms with van der Waals surface area (Å²) in [7, 11) is 1.63. The van der Waals surface area contributed by atoms with E-state index >= 15 is 0 Å². The van der Waals surface area contributed by atoms with Gasteiger partial charge in [0.15, 0.2) is 0 Å². The number of methoxy groups -OCH3 is 1. The number of hydrogen-bond acceptors (Lipinski definition) is 3. The maximum atomic E-state index is 11.8. The van der Waals surface area contributed by atoms with Crippen LogP contribution >= 0.6 is 0 Å². The highest BCUT2D eigenvalue weighted by molar-refractivity contribution is 5.76. The largest absolute Gasteiger partial charge is 0.497 e. The predicted molar refractivity (Wildman–Crippen MR) is 77.1 cm³/mol. The molecule has 1 amide bonds. The van der Waals surface area contributed by atoms with Crippen LogP contribution < -0.4 is 15.8 Å². The summed E-state index contributed by atoms with van der Waals surface area (Å²) in [6, 6.07) is 7.66. The molecule has 1 rings (SSSR count). The van der Waals surface area contributed by atoms with Gasteiger partial charge in [0.2, 0.25) is 5.91 Å². The van der Waals surface area contributed by atoms with Crippen molar-refractivity contribution in [3.05, 3.63) is 29.8 Å². The molecule has 3 N–H and O–H groups in total. The highest BCUT2D eigenvalue weighted by Crippen LogP contribution is 2.19. The number of nitrogens with two attached hydrogens (primary N) is 1. The summed E-state index contributed by atoms with van der Waals surface area (Å²) >= 11 is 0. The quantitative estimate of drug-likeness (QED) is 0.829. The number of benzene rings is 1. The summed E-state index contributed by atoms with van der Waals surface area (Å²) in [5, 5.41) is 2.97. The zero-order valence-electron chi connectivity index (χ0n) is 12.2. The fourth-order valence-electron chi connectivity index (χ4n) is 1.74. The van der Waals surface area contributed by atoms with E-state index in [-0.39, 0.29) is 17.5 Å². The minimum atomic E-state index is -0.309. The molecule has 4 heteroatoms. The first-order valence-corrected chi connectivity index (χ1v) is 6.54. The van der Waals surface area contributed by atoms with Gasteiger partial charge in [-0.3, -0.25) is 4.79 Å². The summed E-state index contributed by atoms with van der Waals surface area (Å²) in [5.74, 6) is 0.815. The minimum Gasteiger partial charge on any atom is -0.497 e. The van der Waals surface area contributed by atoms with Gasteiger partial charge in [0.25, 0.3) is 0 Å². The van der Waals surface area contributed by atoms with Crippen LogP contribution in [0.4, 0.5) is 0 Å². The van der Waals surface area contributed by atoms with Gasteiger partial charge in [0, 0.05) is 12.0 Å². The molecule has 0 radical (unpaired) electrons. The molecule has 1 aromatic rings. The predicted octanol–water partition coefficient (Wildman–Crippen LogP) is 2.39. The Morgan fingerprint density at radius 1 is 1.47 bits per heavy atom. The minimum absolute atomic E-state index is 0.0221. The number of carbonyl (C=O) groups excluding carboxylic acids is 1. The third-order valence-electron chi connectivity index (χ3n) is 2.97. The van der Waals surface area contributed by atoms with Crippen molar-refractivity contribution in [3.8, 4) is 5.75 Å². The van der Waals surface area contributed by atoms with Gasteiger partial charge in [-0.25, -0.2) is 0 Å². The summed E-state index contributed by atoms with van der Waals surface area (Å²) < 4.78 is 5.17. The molecule has 0 saturated heterocycles. The SMILES string of the molecule is COc1cccc([C@@H](C)NC(=O)CCC(C)(C)N)c1. The van der Waals surface area contributed by atoms with E-state index in [1.165, 1.54) is 0 Å². The number of amides is 1. The smallest absolute Gasteiger partial charge is 0.220 e. The Kier molecular flexibility index (Phi) is 5.36. The normalized spacial score (nSPS) is 12.9. The van der Waals surface area contributed by atoms with E-state index in [2.05, 4.69) is 5.32 Å². The lowest BCUT2D eigenvalue weighted by molar-refractivity contribution is -0.122. The van der Waals surface area contributed by atoms with Crippen molar-refractivity contribution in [3.63, 3.8) is 0 Å². The van der Waals surface area contributed by atoms with Crippen molar-refractivity contribution in [1.82, 2.24) is 5.32 Å². The Morgan fingerprint density at radius 2 is 2.16 bits per heavy atom. The molecule has 4 nitrogen and oxygen atoms in total. The second-order valence-electron chi connectivity index (χ2n) is 5.55. The van der Waals surface area contributed by atoms with Crippen molar-refractivity contribution in [2.75, 3.05) is 7.11 Å². The van der Waals surface area contributed by atoms with Gasteiger partial charge >= 0.3 is 0 Å². The second kappa shape index (κ2) is 6.57. The second-order valence-corrected chi connectivity index (χ2v) is 5.55. The van der Waals surface area contributed by atoms with Gasteiger partial charge in [-0.1, -0.05) is 12.1 Å². The number of nitrogens with one attached hydrogen (secondary N) is 1. The van der Waals surface area contributed by atoms with Crippen molar-refractivity contribution in [1.29, 1.82) is 0 Å². The fraction of sp³-hybridized carbons (Fsp3) is 0.533. The highest BCUT2D eigenvalue weighted by Gasteiger charge is 2.15. The molecule has 0 heterocycles. The molecule has 0 spiro atoms. The first kappa shape index (κ1) is 15.5. The van der Waals surface area contributed by atoms with E-state index in [9.17, 15) is 4.79 Å². The molecule has 19 heavy (non-hydrogen) atoms. The maximum absolute atomic E-state index is 11.8. The van der Waals surface area contributed by atoms with Crippen LogP contribution in [0.25, 0.3) is 0 Å². The Balaban J connectivity index is 2.54. The van der Waals surface area contributed by atoms with Crippen LogP contribution in [0.3, 0.4) is 0 Å². The molecule has 0 aliphatic heterocycles. The van der Waals surface area contributed by atoms with Crippen LogP contribution in [-0.2, 0) is 4.79 Å². The molecule has 106 valence electrons. The standard InChI is InChI=1S/C15H24N2O2/c1-11(12-6-5-7-13(10-12)19-4)17-14(18)8-9-15(2,3)16/h5-7,10-11H,8-9,16H2,1-4H3,(H,17,18)/t11-/m1/s1. The van der Waals surface area contributed by atoms with Crippen LogP contribution in [-0.4, -0.2) is 18.6 Å². The summed E-state index contributed by atoms with van der Waals surface area (Å²) in [4.78, 5) is 11.8. The van der Waals surface area contributed by atoms with E-state index in [1.807, 2.05) is 45.0 Å². The summed E-state index contributed by atoms with van der Waals surface area (Å²) in [6.07, 6.45) is 1.11. The topological polar surface area (TPSA) is 64.3 Å². The lowest BCUT2D eigenvalue weighted by Gasteiger charge is -2.19. The molecule has 0 aliphatic carbocycles. The first-order chi connectivity index (χ1) is 8.81. The molecule has 1 atom stereocenters. The highest BCUT2D eigenvalue weighted by atomic mass is 16.5. The van der Waals surface area contributed by atoms with E-state index < -0.39 is 0 Å². The fourth-order valence-corrected chi connectivity index (χ4v) is 1.74. The molecule has 0 bridgehead atoms. The van der Waals surface area contributed by atoms with Gasteiger partial charge in [-0.2, -0.15) is 0 Å². The number of carbonyl (C=O) groups is 1. The van der Waals surface area contributed by atoms with E-state index in [0.717, 1.165) is 11.3 Å². The van der Waals surface area contributed by atoms with Crippen LogP contribution in [0.15, 0.2) is 24.3 Å². The first-order valence-electron chi connectivity index (χ1n) is 6.54. The van der Waals surface area contributed by atoms with Crippen LogP contribution in [0, 0.1) is 0 Å². The Morgan fingerprint density at radius 3 is 2.74 bits per heavy atom. The molecule has 0 saturated carbocycles. The third-order valence-corrected chi connectivity index (χ3v) is 2.97. The third kappa shape index (κ3) is 5.75. The average Bonchev–Trinajstić information content (AvgIpc) is 2.35. The Hall–Kier alpha value is -1.55. The molecule has 0 aliphatic rings. The van der Waals surface area contributed by atoms with Crippen LogP contribution in [0.2, 0.25) is 0 Å². The van der Waals surface area contributed by atoms with Crippen molar-refractivity contribution in [2.24, 2.45) is 5.73 Å². The molecule has 0 unspecified atom stereocenters. The van der Waals surface area contributed by atoms with E-state index in [0.29, 0.717) is 12.8 Å². The molecule has 0 fully saturated rings. The molecule has 1 aromatic carbocycles. The van der Waals surface area contributed by atoms with Gasteiger partial charge in [-0.15, -0.1) is 0 Å². The number of ether oxygens (including phenoxy) is 1. The lowest BCUT2D eigenvalue weighted by Crippen LogP contribution is -2.35. The number of rotatable bonds is 6. The zero-order valence-corrected chi connectivity index (χ0v) is 12.2. The lowest BCUT2D eigenvalue weighted by atomic mass is 9.99. The Labute approximate surface area is 115 Å². The maximum Gasteiger partial charge on any atom is 0.220 e. The zero-order chi connectivity index (χ0) is 14.5. The van der Waals surface area contributed by atoms with E-state index in [4.69, 9.17) is 10.5 Å².